The van der Waals surface area contributed by atoms with Gasteiger partial charge in [0.25, 0.3) is 5.56 Å². The number of pyridine rings is 1. The van der Waals surface area contributed by atoms with Crippen molar-refractivity contribution in [1.29, 1.82) is 0 Å². The van der Waals surface area contributed by atoms with Crippen molar-refractivity contribution >= 4 is 0 Å². The molecule has 8 heteroatoms. The lowest BCUT2D eigenvalue weighted by atomic mass is 9.87. The first-order valence-electron chi connectivity index (χ1n) is 8.05. The molecule has 1 aromatic rings. The summed E-state index contributed by atoms with van der Waals surface area (Å²) in [5.74, 6) is 0. The molecule has 1 aromatic heterocycles. The molecule has 1 heterocycles. The fourth-order valence-electron chi connectivity index (χ4n) is 2.63. The summed E-state index contributed by atoms with van der Waals surface area (Å²) in [5, 5.41) is 19.3. The van der Waals surface area contributed by atoms with Gasteiger partial charge >= 0.3 is 6.18 Å². The Balaban J connectivity index is 3.45. The van der Waals surface area contributed by atoms with Gasteiger partial charge in [0.2, 0.25) is 0 Å². The molecule has 1 unspecified atom stereocenters. The first-order chi connectivity index (χ1) is 11.2. The van der Waals surface area contributed by atoms with Gasteiger partial charge in [0.15, 0.2) is 6.29 Å². The van der Waals surface area contributed by atoms with E-state index in [1.54, 1.807) is 19.0 Å². The van der Waals surface area contributed by atoms with Crippen molar-refractivity contribution in [2.45, 2.75) is 52.1 Å². The van der Waals surface area contributed by atoms with Gasteiger partial charge in [0.05, 0.1) is 11.6 Å². The van der Waals surface area contributed by atoms with E-state index in [1.165, 1.54) is 0 Å². The van der Waals surface area contributed by atoms with E-state index in [9.17, 15) is 28.2 Å². The minimum atomic E-state index is -4.64. The van der Waals surface area contributed by atoms with E-state index < -0.39 is 29.6 Å². The summed E-state index contributed by atoms with van der Waals surface area (Å²) < 4.78 is 40.8. The molecular weight excluding hydrogens is 337 g/mol. The molecule has 0 amide bonds. The number of aromatic nitrogens is 1. The molecule has 0 spiro atoms. The molecule has 144 valence electrons. The van der Waals surface area contributed by atoms with Crippen molar-refractivity contribution < 1.29 is 23.4 Å². The minimum absolute atomic E-state index is 0.0413. The highest BCUT2D eigenvalue weighted by molar-refractivity contribution is 5.27. The highest BCUT2D eigenvalue weighted by atomic mass is 19.4. The van der Waals surface area contributed by atoms with E-state index in [0.29, 0.717) is 12.6 Å². The highest BCUT2D eigenvalue weighted by Gasteiger charge is 2.35. The smallest absolute Gasteiger partial charge is 0.366 e. The Hall–Kier alpha value is -1.38. The maximum absolute atomic E-state index is 13.3. The molecule has 25 heavy (non-hydrogen) atoms. The third-order valence-corrected chi connectivity index (χ3v) is 3.82. The first kappa shape index (κ1) is 21.7. The molecule has 1 atom stereocenters. The fraction of sp³-hybridized carbons (Fsp3) is 0.706. The Morgan fingerprint density at radius 2 is 1.76 bits per heavy atom. The SMILES string of the molecule is CN(C)CCc1cn(C(CC(C)(C)C)C(O)O)c(=O)cc1C(F)(F)F. The van der Waals surface area contributed by atoms with Crippen LogP contribution in [0, 0.1) is 5.41 Å². The molecule has 0 aliphatic heterocycles. The van der Waals surface area contributed by atoms with Crippen LogP contribution in [-0.4, -0.2) is 46.6 Å². The third kappa shape index (κ3) is 6.45. The lowest BCUT2D eigenvalue weighted by molar-refractivity contribution is -0.138. The molecule has 0 aliphatic carbocycles. The van der Waals surface area contributed by atoms with Crippen molar-refractivity contribution in [3.63, 3.8) is 0 Å². The van der Waals surface area contributed by atoms with Crippen LogP contribution < -0.4 is 5.56 Å². The molecule has 2 N–H and O–H groups in total. The van der Waals surface area contributed by atoms with Crippen LogP contribution in [0.25, 0.3) is 0 Å². The quantitative estimate of drug-likeness (QED) is 0.760. The van der Waals surface area contributed by atoms with Crippen LogP contribution in [0.3, 0.4) is 0 Å². The van der Waals surface area contributed by atoms with Crippen molar-refractivity contribution in [1.82, 2.24) is 9.47 Å². The molecule has 1 rings (SSSR count). The molecule has 0 aromatic carbocycles. The van der Waals surface area contributed by atoms with E-state index >= 15 is 0 Å². The van der Waals surface area contributed by atoms with E-state index in [4.69, 9.17) is 0 Å². The van der Waals surface area contributed by atoms with Gasteiger partial charge in [-0.1, -0.05) is 20.8 Å². The van der Waals surface area contributed by atoms with Crippen molar-refractivity contribution in [3.05, 3.63) is 33.7 Å². The van der Waals surface area contributed by atoms with Gasteiger partial charge in [-0.3, -0.25) is 4.79 Å². The lowest BCUT2D eigenvalue weighted by Crippen LogP contribution is -2.36. The Morgan fingerprint density at radius 1 is 1.20 bits per heavy atom. The van der Waals surface area contributed by atoms with Crippen molar-refractivity contribution in [3.8, 4) is 0 Å². The maximum Gasteiger partial charge on any atom is 0.416 e. The predicted octanol–water partition coefficient (Wildman–Crippen LogP) is 2.26. The molecular formula is C17H27F3N2O3. The third-order valence-electron chi connectivity index (χ3n) is 3.82. The number of halogens is 3. The number of hydrogen-bond acceptors (Lipinski definition) is 4. The van der Waals surface area contributed by atoms with Crippen LogP contribution in [0.2, 0.25) is 0 Å². The van der Waals surface area contributed by atoms with Crippen molar-refractivity contribution in [2.24, 2.45) is 5.41 Å². The molecule has 0 saturated carbocycles. The molecule has 0 aliphatic rings. The number of nitrogens with zero attached hydrogens (tertiary/aromatic N) is 2. The Labute approximate surface area is 145 Å². The number of aliphatic hydroxyl groups excluding tert-OH is 1. The Morgan fingerprint density at radius 3 is 2.16 bits per heavy atom. The van der Waals surface area contributed by atoms with E-state index in [1.807, 2.05) is 20.8 Å². The standard InChI is InChI=1S/C17H27F3N2O3/c1-16(2,3)9-13(15(24)25)22-10-11(6-7-21(4)5)12(8-14(22)23)17(18,19)20/h8,10,13,15,24-25H,6-7,9H2,1-5H3. The van der Waals surface area contributed by atoms with Gasteiger partial charge in [0, 0.05) is 18.8 Å². The number of aliphatic hydroxyl groups is 2. The second kappa shape index (κ2) is 7.88. The van der Waals surface area contributed by atoms with Crippen LogP contribution in [0.1, 0.15) is 44.4 Å². The fourth-order valence-corrected chi connectivity index (χ4v) is 2.63. The second-order valence-corrected chi connectivity index (χ2v) is 7.75. The summed E-state index contributed by atoms with van der Waals surface area (Å²) in [6.07, 6.45) is -5.06. The van der Waals surface area contributed by atoms with Crippen LogP contribution in [0.15, 0.2) is 17.1 Å². The lowest BCUT2D eigenvalue weighted by Gasteiger charge is -2.29. The van der Waals surface area contributed by atoms with E-state index in [0.717, 1.165) is 10.8 Å². The van der Waals surface area contributed by atoms with E-state index in [2.05, 4.69) is 0 Å². The summed E-state index contributed by atoms with van der Waals surface area (Å²) >= 11 is 0. The van der Waals surface area contributed by atoms with Crippen LogP contribution in [0.5, 0.6) is 0 Å². The van der Waals surface area contributed by atoms with Gasteiger partial charge in [-0.15, -0.1) is 0 Å². The van der Waals surface area contributed by atoms with Gasteiger partial charge in [-0.05, 0) is 37.9 Å². The van der Waals surface area contributed by atoms with Crippen LogP contribution >= 0.6 is 0 Å². The summed E-state index contributed by atoms with van der Waals surface area (Å²) in [6.45, 7) is 5.92. The number of alkyl halides is 3. The van der Waals surface area contributed by atoms with E-state index in [-0.39, 0.29) is 23.8 Å². The molecule has 0 fully saturated rings. The van der Waals surface area contributed by atoms with Crippen molar-refractivity contribution in [2.75, 3.05) is 20.6 Å². The van der Waals surface area contributed by atoms with Gasteiger partial charge in [0.1, 0.15) is 0 Å². The second-order valence-electron chi connectivity index (χ2n) is 7.75. The van der Waals surface area contributed by atoms with Gasteiger partial charge in [-0.2, -0.15) is 13.2 Å². The zero-order valence-electron chi connectivity index (χ0n) is 15.3. The van der Waals surface area contributed by atoms with Crippen LogP contribution in [-0.2, 0) is 12.6 Å². The Kier molecular flexibility index (Phi) is 6.83. The predicted molar refractivity (Wildman–Crippen MR) is 89.3 cm³/mol. The summed E-state index contributed by atoms with van der Waals surface area (Å²) in [6, 6.07) is -0.476. The average Bonchev–Trinajstić information content (AvgIpc) is 2.41. The topological polar surface area (TPSA) is 65.7 Å². The normalized spacial score (nSPS) is 14.4. The van der Waals surface area contributed by atoms with Gasteiger partial charge < -0.3 is 19.7 Å². The number of likely N-dealkylation sites (N-methyl/N-ethyl adjacent to an activating group) is 1. The maximum atomic E-state index is 13.3. The number of hydrogen-bond donors (Lipinski definition) is 2. The largest absolute Gasteiger partial charge is 0.416 e. The molecule has 0 radical (unpaired) electrons. The van der Waals surface area contributed by atoms with Crippen LogP contribution in [0.4, 0.5) is 13.2 Å². The average molecular weight is 364 g/mol. The number of rotatable bonds is 6. The monoisotopic (exact) mass is 364 g/mol. The van der Waals surface area contributed by atoms with Gasteiger partial charge in [-0.25, -0.2) is 0 Å². The summed E-state index contributed by atoms with van der Waals surface area (Å²) in [5.41, 5.74) is -2.26. The summed E-state index contributed by atoms with van der Waals surface area (Å²) in [4.78, 5) is 14.0. The zero-order valence-corrected chi connectivity index (χ0v) is 15.3. The molecule has 0 saturated heterocycles. The molecule has 5 nitrogen and oxygen atoms in total. The summed E-state index contributed by atoms with van der Waals surface area (Å²) in [7, 11) is 3.48. The Bertz CT molecular complexity index is 631. The molecule has 0 bridgehead atoms. The minimum Gasteiger partial charge on any atom is -0.366 e. The first-order valence-corrected chi connectivity index (χ1v) is 8.05. The zero-order chi connectivity index (χ0) is 19.6. The highest BCUT2D eigenvalue weighted by Crippen LogP contribution is 2.33.